The molecule has 1 aliphatic heterocycles. The van der Waals surface area contributed by atoms with Crippen molar-refractivity contribution in [2.45, 2.75) is 51.6 Å². The Morgan fingerprint density at radius 3 is 2.33 bits per heavy atom. The van der Waals surface area contributed by atoms with Gasteiger partial charge in [-0.1, -0.05) is 30.3 Å². The highest BCUT2D eigenvalue weighted by Gasteiger charge is 2.28. The monoisotopic (exact) mass is 376 g/mol. The second-order valence-electron chi connectivity index (χ2n) is 6.33. The van der Waals surface area contributed by atoms with Gasteiger partial charge in [-0.2, -0.15) is 9.59 Å². The van der Waals surface area contributed by atoms with Gasteiger partial charge < -0.3 is 9.64 Å². The molecule has 7 heteroatoms. The number of benzene rings is 1. The molecule has 0 spiro atoms. The van der Waals surface area contributed by atoms with Gasteiger partial charge in [0.1, 0.15) is 6.04 Å². The van der Waals surface area contributed by atoms with E-state index in [1.807, 2.05) is 42.2 Å². The van der Waals surface area contributed by atoms with Crippen LogP contribution in [0, 0.1) is 0 Å². The molecule has 148 valence electrons. The van der Waals surface area contributed by atoms with E-state index in [4.69, 9.17) is 14.3 Å². The minimum atomic E-state index is -0.466. The quantitative estimate of drug-likeness (QED) is 0.692. The third kappa shape index (κ3) is 8.15. The highest BCUT2D eigenvalue weighted by Crippen LogP contribution is 2.11. The Kier molecular flexibility index (Phi) is 10.7. The lowest BCUT2D eigenvalue weighted by molar-refractivity contribution is -0.191. The molecule has 0 unspecified atom stereocenters. The Balaban J connectivity index is 0.00000114. The standard InChI is InChI=1S/C19H28N2O3.CO2/c1-3-24-19(23)17(12-11-16-9-5-4-6-10-16)20-15(2)18(22)21-13-7-8-14-21;2-1-3/h4-6,9-10,15,17,20H,3,7-8,11-14H2,1-2H3;/t15-,17-;/m0./s1. The lowest BCUT2D eigenvalue weighted by Crippen LogP contribution is -2.50. The summed E-state index contributed by atoms with van der Waals surface area (Å²) < 4.78 is 5.17. The number of rotatable bonds is 8. The fraction of sp³-hybridized carbons (Fsp3) is 0.550. The summed E-state index contributed by atoms with van der Waals surface area (Å²) in [5.41, 5.74) is 1.17. The number of carbonyl (C=O) groups excluding carboxylic acids is 4. The van der Waals surface area contributed by atoms with E-state index in [9.17, 15) is 9.59 Å². The number of carbonyl (C=O) groups is 2. The maximum absolute atomic E-state index is 12.4. The van der Waals surface area contributed by atoms with Crippen LogP contribution in [0.3, 0.4) is 0 Å². The number of hydrogen-bond donors (Lipinski definition) is 1. The van der Waals surface area contributed by atoms with Crippen molar-refractivity contribution in [2.24, 2.45) is 0 Å². The van der Waals surface area contributed by atoms with Gasteiger partial charge in [0.2, 0.25) is 5.91 Å². The van der Waals surface area contributed by atoms with Crippen molar-refractivity contribution in [3.63, 3.8) is 0 Å². The summed E-state index contributed by atoms with van der Waals surface area (Å²) in [6, 6.07) is 9.19. The fourth-order valence-electron chi connectivity index (χ4n) is 3.05. The zero-order valence-corrected chi connectivity index (χ0v) is 16.0. The van der Waals surface area contributed by atoms with Crippen LogP contribution in [0.25, 0.3) is 0 Å². The first kappa shape index (κ1) is 22.5. The Morgan fingerprint density at radius 2 is 1.78 bits per heavy atom. The van der Waals surface area contributed by atoms with Crippen LogP contribution < -0.4 is 5.32 Å². The van der Waals surface area contributed by atoms with Crippen molar-refractivity contribution in [1.82, 2.24) is 10.2 Å². The summed E-state index contributed by atoms with van der Waals surface area (Å²) in [6.45, 7) is 5.61. The predicted molar refractivity (Wildman–Crippen MR) is 98.6 cm³/mol. The molecule has 1 heterocycles. The zero-order chi connectivity index (χ0) is 20.1. The Bertz CT molecular complexity index is 608. The molecular weight excluding hydrogens is 348 g/mol. The third-order valence-electron chi connectivity index (χ3n) is 4.37. The number of amides is 1. The average Bonchev–Trinajstić information content (AvgIpc) is 3.20. The number of hydrogen-bond acceptors (Lipinski definition) is 6. The first-order valence-electron chi connectivity index (χ1n) is 9.28. The van der Waals surface area contributed by atoms with Crippen LogP contribution in [-0.2, 0) is 30.3 Å². The minimum Gasteiger partial charge on any atom is -0.465 e. The van der Waals surface area contributed by atoms with Gasteiger partial charge in [-0.05, 0) is 45.1 Å². The molecule has 0 saturated carbocycles. The van der Waals surface area contributed by atoms with Crippen LogP contribution in [0.1, 0.15) is 38.7 Å². The molecule has 2 atom stereocenters. The Labute approximate surface area is 160 Å². The third-order valence-corrected chi connectivity index (χ3v) is 4.37. The first-order chi connectivity index (χ1) is 13.0. The van der Waals surface area contributed by atoms with Crippen LogP contribution in [-0.4, -0.2) is 54.7 Å². The number of nitrogens with zero attached hydrogens (tertiary/aromatic N) is 1. The van der Waals surface area contributed by atoms with Gasteiger partial charge in [0.25, 0.3) is 0 Å². The second-order valence-corrected chi connectivity index (χ2v) is 6.33. The molecule has 0 bridgehead atoms. The molecule has 1 amide bonds. The molecule has 0 radical (unpaired) electrons. The molecule has 0 aliphatic carbocycles. The van der Waals surface area contributed by atoms with Crippen molar-refractivity contribution in [2.75, 3.05) is 19.7 Å². The zero-order valence-electron chi connectivity index (χ0n) is 16.0. The van der Waals surface area contributed by atoms with E-state index in [0.717, 1.165) is 32.4 Å². The number of likely N-dealkylation sites (tertiary alicyclic amines) is 1. The lowest BCUT2D eigenvalue weighted by Gasteiger charge is -2.25. The average molecular weight is 376 g/mol. The highest BCUT2D eigenvalue weighted by molar-refractivity contribution is 5.83. The number of esters is 1. The summed E-state index contributed by atoms with van der Waals surface area (Å²) in [6.07, 6.45) is 3.75. The lowest BCUT2D eigenvalue weighted by atomic mass is 10.0. The van der Waals surface area contributed by atoms with Crippen molar-refractivity contribution >= 4 is 18.0 Å². The molecule has 0 aromatic heterocycles. The largest absolute Gasteiger partial charge is 0.465 e. The molecule has 1 aromatic rings. The number of nitrogens with one attached hydrogen (secondary N) is 1. The minimum absolute atomic E-state index is 0.0708. The molecule has 1 aromatic carbocycles. The highest BCUT2D eigenvalue weighted by atomic mass is 16.5. The van der Waals surface area contributed by atoms with E-state index in [-0.39, 0.29) is 24.1 Å². The van der Waals surface area contributed by atoms with E-state index in [2.05, 4.69) is 5.32 Å². The normalized spacial score (nSPS) is 15.1. The van der Waals surface area contributed by atoms with E-state index in [1.165, 1.54) is 5.56 Å². The molecule has 1 N–H and O–H groups in total. The summed E-state index contributed by atoms with van der Waals surface area (Å²) in [4.78, 5) is 42.8. The number of ether oxygens (including phenoxy) is 1. The first-order valence-corrected chi connectivity index (χ1v) is 9.28. The maximum Gasteiger partial charge on any atom is 0.373 e. The molecule has 2 rings (SSSR count). The van der Waals surface area contributed by atoms with Crippen LogP contribution in [0.5, 0.6) is 0 Å². The fourth-order valence-corrected chi connectivity index (χ4v) is 3.05. The van der Waals surface area contributed by atoms with E-state index in [1.54, 1.807) is 6.92 Å². The molecule has 27 heavy (non-hydrogen) atoms. The molecule has 1 saturated heterocycles. The molecule has 1 fully saturated rings. The van der Waals surface area contributed by atoms with Crippen LogP contribution in [0.4, 0.5) is 0 Å². The second kappa shape index (κ2) is 12.8. The Hall–Kier alpha value is -2.50. The van der Waals surface area contributed by atoms with E-state index in [0.29, 0.717) is 13.0 Å². The topological polar surface area (TPSA) is 92.8 Å². The van der Waals surface area contributed by atoms with Gasteiger partial charge in [-0.25, -0.2) is 0 Å². The van der Waals surface area contributed by atoms with Gasteiger partial charge in [-0.3, -0.25) is 14.9 Å². The van der Waals surface area contributed by atoms with Crippen molar-refractivity contribution in [3.05, 3.63) is 35.9 Å². The van der Waals surface area contributed by atoms with E-state index >= 15 is 0 Å². The Morgan fingerprint density at radius 1 is 1.19 bits per heavy atom. The smallest absolute Gasteiger partial charge is 0.373 e. The van der Waals surface area contributed by atoms with Crippen molar-refractivity contribution < 1.29 is 23.9 Å². The van der Waals surface area contributed by atoms with Gasteiger partial charge >= 0.3 is 12.1 Å². The van der Waals surface area contributed by atoms with Gasteiger partial charge in [0.05, 0.1) is 12.6 Å². The van der Waals surface area contributed by atoms with Crippen molar-refractivity contribution in [3.8, 4) is 0 Å². The van der Waals surface area contributed by atoms with E-state index < -0.39 is 6.04 Å². The molecule has 1 aliphatic rings. The summed E-state index contributed by atoms with van der Waals surface area (Å²) in [5, 5.41) is 3.18. The summed E-state index contributed by atoms with van der Waals surface area (Å²) in [7, 11) is 0. The van der Waals surface area contributed by atoms with Crippen LogP contribution in [0.15, 0.2) is 30.3 Å². The summed E-state index contributed by atoms with van der Waals surface area (Å²) >= 11 is 0. The van der Waals surface area contributed by atoms with Gasteiger partial charge in [0, 0.05) is 13.1 Å². The maximum atomic E-state index is 12.4. The number of aryl methyl sites for hydroxylation is 1. The van der Waals surface area contributed by atoms with Crippen LogP contribution in [0.2, 0.25) is 0 Å². The molecule has 7 nitrogen and oxygen atoms in total. The van der Waals surface area contributed by atoms with Crippen LogP contribution >= 0.6 is 0 Å². The SMILES string of the molecule is CCOC(=O)[C@H](CCc1ccccc1)N[C@@H](C)C(=O)N1CCCC1.O=C=O. The van der Waals surface area contributed by atoms with Gasteiger partial charge in [0.15, 0.2) is 0 Å². The van der Waals surface area contributed by atoms with Crippen molar-refractivity contribution in [1.29, 1.82) is 0 Å². The van der Waals surface area contributed by atoms with Gasteiger partial charge in [-0.15, -0.1) is 0 Å². The summed E-state index contributed by atoms with van der Waals surface area (Å²) in [5.74, 6) is -0.212. The molecular formula is C20H28N2O5. The predicted octanol–water partition coefficient (Wildman–Crippen LogP) is 1.57.